The van der Waals surface area contributed by atoms with Crippen LogP contribution in [0, 0.1) is 5.82 Å². The summed E-state index contributed by atoms with van der Waals surface area (Å²) in [4.78, 5) is 2.27. The number of nitrogens with one attached hydrogen (secondary N) is 1. The second-order valence-corrected chi connectivity index (χ2v) is 4.56. The quantitative estimate of drug-likeness (QED) is 0.855. The van der Waals surface area contributed by atoms with Gasteiger partial charge in [-0.15, -0.1) is 0 Å². The number of rotatable bonds is 2. The van der Waals surface area contributed by atoms with Gasteiger partial charge in [-0.3, -0.25) is 5.10 Å². The van der Waals surface area contributed by atoms with Crippen molar-refractivity contribution in [3.8, 4) is 11.3 Å². The summed E-state index contributed by atoms with van der Waals surface area (Å²) in [7, 11) is 0. The molecule has 4 nitrogen and oxygen atoms in total. The molecule has 0 radical (unpaired) electrons. The van der Waals surface area contributed by atoms with E-state index in [4.69, 9.17) is 5.73 Å². The fraction of sp³-hybridized carbons (Fsp3) is 0.308. The predicted molar refractivity (Wildman–Crippen MR) is 69.8 cm³/mol. The minimum absolute atomic E-state index is 0.249. The molecule has 5 heteroatoms. The smallest absolute Gasteiger partial charge is 0.145 e. The van der Waals surface area contributed by atoms with Crippen molar-refractivity contribution in [2.75, 3.05) is 23.7 Å². The first-order chi connectivity index (χ1) is 8.74. The molecule has 2 aromatic rings. The molecule has 2 heterocycles. The highest BCUT2D eigenvalue weighted by Crippen LogP contribution is 2.33. The Kier molecular flexibility index (Phi) is 2.66. The highest BCUT2D eigenvalue weighted by atomic mass is 19.1. The van der Waals surface area contributed by atoms with Crippen molar-refractivity contribution in [2.24, 2.45) is 0 Å². The van der Waals surface area contributed by atoms with E-state index in [0.717, 1.165) is 30.0 Å². The maximum atomic E-state index is 13.4. The normalized spacial score (nSPS) is 15.3. The van der Waals surface area contributed by atoms with Crippen LogP contribution in [0.4, 0.5) is 15.9 Å². The molecule has 1 saturated heterocycles. The van der Waals surface area contributed by atoms with Crippen LogP contribution in [0.2, 0.25) is 0 Å². The number of halogens is 1. The van der Waals surface area contributed by atoms with Gasteiger partial charge < -0.3 is 10.6 Å². The van der Waals surface area contributed by atoms with Crippen LogP contribution in [-0.4, -0.2) is 23.3 Å². The zero-order chi connectivity index (χ0) is 12.5. The largest absolute Gasteiger partial charge is 0.382 e. The first-order valence-electron chi connectivity index (χ1n) is 6.10. The summed E-state index contributed by atoms with van der Waals surface area (Å²) in [5.41, 5.74) is 8.23. The molecule has 1 aromatic carbocycles. The van der Waals surface area contributed by atoms with Crippen LogP contribution in [0.15, 0.2) is 24.3 Å². The van der Waals surface area contributed by atoms with Crippen molar-refractivity contribution >= 4 is 11.5 Å². The van der Waals surface area contributed by atoms with E-state index < -0.39 is 0 Å². The maximum absolute atomic E-state index is 13.4. The van der Waals surface area contributed by atoms with Crippen molar-refractivity contribution in [3.63, 3.8) is 0 Å². The Morgan fingerprint density at radius 3 is 2.67 bits per heavy atom. The molecule has 1 fully saturated rings. The Hall–Kier alpha value is -2.04. The number of H-pyrrole nitrogens is 1. The SMILES string of the molecule is Nc1cc(-c2cc(F)ccc2N2CCCC2)[nH]n1. The molecule has 0 bridgehead atoms. The first kappa shape index (κ1) is 11.1. The first-order valence-corrected chi connectivity index (χ1v) is 6.10. The standard InChI is InChI=1S/C13H15FN4/c14-9-3-4-12(18-5-1-2-6-18)10(7-9)11-8-13(15)17-16-11/h3-4,7-8H,1-2,5-6H2,(H3,15,16,17). The molecule has 1 aliphatic rings. The zero-order valence-electron chi connectivity index (χ0n) is 9.99. The van der Waals surface area contributed by atoms with Crippen molar-refractivity contribution in [1.82, 2.24) is 10.2 Å². The van der Waals surface area contributed by atoms with E-state index >= 15 is 0 Å². The lowest BCUT2D eigenvalue weighted by Crippen LogP contribution is -2.18. The van der Waals surface area contributed by atoms with Gasteiger partial charge in [-0.05, 0) is 31.0 Å². The fourth-order valence-corrected chi connectivity index (χ4v) is 2.43. The van der Waals surface area contributed by atoms with Gasteiger partial charge in [-0.1, -0.05) is 0 Å². The van der Waals surface area contributed by atoms with Crippen molar-refractivity contribution in [2.45, 2.75) is 12.8 Å². The van der Waals surface area contributed by atoms with Gasteiger partial charge in [-0.2, -0.15) is 5.10 Å². The summed E-state index contributed by atoms with van der Waals surface area (Å²) in [6.07, 6.45) is 2.36. The predicted octanol–water partition coefficient (Wildman–Crippen LogP) is 2.40. The molecule has 94 valence electrons. The Morgan fingerprint density at radius 1 is 1.22 bits per heavy atom. The number of benzene rings is 1. The van der Waals surface area contributed by atoms with Gasteiger partial charge in [0.1, 0.15) is 11.6 Å². The number of hydrogen-bond acceptors (Lipinski definition) is 3. The Labute approximate surface area is 105 Å². The van der Waals surface area contributed by atoms with E-state index in [1.54, 1.807) is 6.07 Å². The molecule has 0 aliphatic carbocycles. The lowest BCUT2D eigenvalue weighted by molar-refractivity contribution is 0.628. The number of anilines is 2. The highest BCUT2D eigenvalue weighted by Gasteiger charge is 2.18. The van der Waals surface area contributed by atoms with E-state index in [1.165, 1.54) is 25.0 Å². The summed E-state index contributed by atoms with van der Waals surface area (Å²) >= 11 is 0. The molecule has 3 rings (SSSR count). The Morgan fingerprint density at radius 2 is 2.00 bits per heavy atom. The van der Waals surface area contributed by atoms with Gasteiger partial charge in [0, 0.05) is 30.4 Å². The molecule has 0 spiro atoms. The molecule has 0 amide bonds. The van der Waals surface area contributed by atoms with Crippen LogP contribution in [0.1, 0.15) is 12.8 Å². The minimum Gasteiger partial charge on any atom is -0.382 e. The number of nitrogen functional groups attached to an aromatic ring is 1. The van der Waals surface area contributed by atoms with Crippen LogP contribution in [0.25, 0.3) is 11.3 Å². The monoisotopic (exact) mass is 246 g/mol. The van der Waals surface area contributed by atoms with E-state index in [9.17, 15) is 4.39 Å². The fourth-order valence-electron chi connectivity index (χ4n) is 2.43. The molecule has 3 N–H and O–H groups in total. The lowest BCUT2D eigenvalue weighted by Gasteiger charge is -2.20. The minimum atomic E-state index is -0.249. The third-order valence-electron chi connectivity index (χ3n) is 3.29. The second-order valence-electron chi connectivity index (χ2n) is 4.56. The molecule has 0 atom stereocenters. The van der Waals surface area contributed by atoms with Gasteiger partial charge in [0.15, 0.2) is 0 Å². The van der Waals surface area contributed by atoms with Crippen molar-refractivity contribution in [1.29, 1.82) is 0 Å². The van der Waals surface area contributed by atoms with Crippen LogP contribution in [0.5, 0.6) is 0 Å². The van der Waals surface area contributed by atoms with Gasteiger partial charge >= 0.3 is 0 Å². The third kappa shape index (κ3) is 1.92. The Balaban J connectivity index is 2.08. The average Bonchev–Trinajstić information content (AvgIpc) is 2.99. The lowest BCUT2D eigenvalue weighted by atomic mass is 10.1. The molecular formula is C13H15FN4. The number of aromatic nitrogens is 2. The summed E-state index contributed by atoms with van der Waals surface area (Å²) in [6.45, 7) is 2.03. The summed E-state index contributed by atoms with van der Waals surface area (Å²) in [5.74, 6) is 0.169. The number of hydrogen-bond donors (Lipinski definition) is 2. The van der Waals surface area contributed by atoms with Gasteiger partial charge in [0.2, 0.25) is 0 Å². The highest BCUT2D eigenvalue weighted by molar-refractivity contribution is 5.77. The van der Waals surface area contributed by atoms with Crippen molar-refractivity contribution < 1.29 is 4.39 Å². The molecule has 18 heavy (non-hydrogen) atoms. The van der Waals surface area contributed by atoms with E-state index in [0.29, 0.717) is 5.82 Å². The summed E-state index contributed by atoms with van der Waals surface area (Å²) in [5, 5.41) is 6.75. The van der Waals surface area contributed by atoms with Crippen LogP contribution in [0.3, 0.4) is 0 Å². The number of aromatic amines is 1. The van der Waals surface area contributed by atoms with Crippen LogP contribution < -0.4 is 10.6 Å². The number of nitrogens with zero attached hydrogens (tertiary/aromatic N) is 2. The molecular weight excluding hydrogens is 231 g/mol. The number of nitrogens with two attached hydrogens (primary N) is 1. The zero-order valence-corrected chi connectivity index (χ0v) is 9.99. The summed E-state index contributed by atoms with van der Waals surface area (Å²) < 4.78 is 13.4. The molecule has 0 saturated carbocycles. The van der Waals surface area contributed by atoms with Gasteiger partial charge in [0.25, 0.3) is 0 Å². The molecule has 0 unspecified atom stereocenters. The summed E-state index contributed by atoms with van der Waals surface area (Å²) in [6, 6.07) is 6.58. The van der Waals surface area contributed by atoms with Gasteiger partial charge in [-0.25, -0.2) is 4.39 Å². The molecule has 1 aliphatic heterocycles. The van der Waals surface area contributed by atoms with E-state index in [2.05, 4.69) is 15.1 Å². The van der Waals surface area contributed by atoms with Crippen LogP contribution >= 0.6 is 0 Å². The Bertz CT molecular complexity index is 558. The third-order valence-corrected chi connectivity index (χ3v) is 3.29. The van der Waals surface area contributed by atoms with Crippen molar-refractivity contribution in [3.05, 3.63) is 30.1 Å². The van der Waals surface area contributed by atoms with E-state index in [1.807, 2.05) is 6.07 Å². The van der Waals surface area contributed by atoms with Gasteiger partial charge in [0.05, 0.1) is 5.69 Å². The van der Waals surface area contributed by atoms with E-state index in [-0.39, 0.29) is 5.82 Å². The topological polar surface area (TPSA) is 57.9 Å². The molecule has 1 aromatic heterocycles. The maximum Gasteiger partial charge on any atom is 0.145 e. The van der Waals surface area contributed by atoms with Crippen LogP contribution in [-0.2, 0) is 0 Å². The average molecular weight is 246 g/mol. The second kappa shape index (κ2) is 4.33.